The van der Waals surface area contributed by atoms with Crippen molar-refractivity contribution in [2.24, 2.45) is 5.41 Å². The molecule has 23 heavy (non-hydrogen) atoms. The molecule has 4 nitrogen and oxygen atoms in total. The predicted molar refractivity (Wildman–Crippen MR) is 101 cm³/mol. The van der Waals surface area contributed by atoms with E-state index in [9.17, 15) is 4.79 Å². The van der Waals surface area contributed by atoms with Crippen LogP contribution < -0.4 is 10.6 Å². The van der Waals surface area contributed by atoms with Gasteiger partial charge in [0.15, 0.2) is 0 Å². The van der Waals surface area contributed by atoms with Gasteiger partial charge in [-0.1, -0.05) is 19.1 Å². The zero-order chi connectivity index (χ0) is 15.3. The van der Waals surface area contributed by atoms with E-state index < -0.39 is 0 Å². The summed E-state index contributed by atoms with van der Waals surface area (Å²) in [7, 11) is 4.06. The molecule has 1 aliphatic heterocycles. The molecule has 0 radical (unpaired) electrons. The maximum absolute atomic E-state index is 12.3. The highest BCUT2D eigenvalue weighted by molar-refractivity contribution is 5.94. The summed E-state index contributed by atoms with van der Waals surface area (Å²) in [5.74, 6) is 0.0374. The number of amides is 1. The van der Waals surface area contributed by atoms with Crippen molar-refractivity contribution >= 4 is 30.7 Å². The molecule has 0 atom stereocenters. The summed E-state index contributed by atoms with van der Waals surface area (Å²) < 4.78 is 0. The summed E-state index contributed by atoms with van der Waals surface area (Å²) in [6.07, 6.45) is 2.24. The van der Waals surface area contributed by atoms with Crippen molar-refractivity contribution in [1.82, 2.24) is 15.5 Å². The lowest BCUT2D eigenvalue weighted by Crippen LogP contribution is -2.42. The standard InChI is InChI=1S/C17H27N3O.2ClH/c1-17(7-9-18-10-8-17)13-19-16(21)15-6-4-5-14(11-15)12-20(2)3;;/h4-6,11,18H,7-10,12-13H2,1-3H3,(H,19,21);2*1H. The molecule has 1 saturated heterocycles. The summed E-state index contributed by atoms with van der Waals surface area (Å²) in [6.45, 7) is 5.96. The van der Waals surface area contributed by atoms with E-state index in [-0.39, 0.29) is 36.1 Å². The lowest BCUT2D eigenvalue weighted by atomic mass is 9.81. The van der Waals surface area contributed by atoms with Gasteiger partial charge in [0.25, 0.3) is 5.91 Å². The first-order chi connectivity index (χ1) is 9.98. The van der Waals surface area contributed by atoms with Gasteiger partial charge in [-0.15, -0.1) is 24.8 Å². The Kier molecular flexibility index (Phi) is 9.78. The Morgan fingerprint density at radius 3 is 2.52 bits per heavy atom. The van der Waals surface area contributed by atoms with E-state index in [1.165, 1.54) is 5.56 Å². The number of piperidine rings is 1. The second kappa shape index (κ2) is 10.1. The van der Waals surface area contributed by atoms with Crippen LogP contribution in [0, 0.1) is 5.41 Å². The van der Waals surface area contributed by atoms with Crippen LogP contribution in [0.5, 0.6) is 0 Å². The molecule has 2 rings (SSSR count). The van der Waals surface area contributed by atoms with Gasteiger partial charge in [-0.25, -0.2) is 0 Å². The number of carbonyl (C=O) groups is 1. The minimum absolute atomic E-state index is 0. The molecule has 0 aliphatic carbocycles. The summed E-state index contributed by atoms with van der Waals surface area (Å²) in [6, 6.07) is 7.89. The van der Waals surface area contributed by atoms with Crippen LogP contribution in [0.15, 0.2) is 24.3 Å². The van der Waals surface area contributed by atoms with Crippen molar-refractivity contribution in [3.63, 3.8) is 0 Å². The van der Waals surface area contributed by atoms with Gasteiger partial charge in [-0.05, 0) is 63.1 Å². The van der Waals surface area contributed by atoms with Crippen molar-refractivity contribution < 1.29 is 4.79 Å². The quantitative estimate of drug-likeness (QED) is 0.847. The fourth-order valence-corrected chi connectivity index (χ4v) is 2.78. The number of nitrogens with one attached hydrogen (secondary N) is 2. The minimum atomic E-state index is 0. The lowest BCUT2D eigenvalue weighted by molar-refractivity contribution is 0.0922. The lowest BCUT2D eigenvalue weighted by Gasteiger charge is -2.34. The largest absolute Gasteiger partial charge is 0.351 e. The highest BCUT2D eigenvalue weighted by Crippen LogP contribution is 2.26. The maximum atomic E-state index is 12.3. The maximum Gasteiger partial charge on any atom is 0.251 e. The molecule has 0 unspecified atom stereocenters. The summed E-state index contributed by atoms with van der Waals surface area (Å²) >= 11 is 0. The highest BCUT2D eigenvalue weighted by atomic mass is 35.5. The topological polar surface area (TPSA) is 44.4 Å². The Balaban J connectivity index is 0.00000242. The summed E-state index contributed by atoms with van der Waals surface area (Å²) in [5, 5.41) is 6.48. The zero-order valence-corrected chi connectivity index (χ0v) is 15.9. The second-order valence-electron chi connectivity index (χ2n) is 6.68. The molecule has 0 saturated carbocycles. The minimum Gasteiger partial charge on any atom is -0.351 e. The predicted octanol–water partition coefficient (Wildman–Crippen LogP) is 2.71. The van der Waals surface area contributed by atoms with E-state index in [4.69, 9.17) is 0 Å². The number of hydrogen-bond acceptors (Lipinski definition) is 3. The molecule has 2 N–H and O–H groups in total. The molecule has 0 spiro atoms. The van der Waals surface area contributed by atoms with E-state index >= 15 is 0 Å². The molecule has 1 heterocycles. The average Bonchev–Trinajstić information content (AvgIpc) is 2.45. The van der Waals surface area contributed by atoms with Crippen molar-refractivity contribution in [3.8, 4) is 0 Å². The molecule has 132 valence electrons. The molecule has 1 aliphatic rings. The molecule has 1 aromatic carbocycles. The Labute approximate surface area is 152 Å². The monoisotopic (exact) mass is 361 g/mol. The van der Waals surface area contributed by atoms with Crippen LogP contribution >= 0.6 is 24.8 Å². The Morgan fingerprint density at radius 2 is 1.91 bits per heavy atom. The molecule has 0 aromatic heterocycles. The third kappa shape index (κ3) is 7.08. The van der Waals surface area contributed by atoms with Crippen LogP contribution in [0.25, 0.3) is 0 Å². The van der Waals surface area contributed by atoms with Crippen LogP contribution in [0.1, 0.15) is 35.7 Å². The van der Waals surface area contributed by atoms with Gasteiger partial charge in [0.2, 0.25) is 0 Å². The van der Waals surface area contributed by atoms with Gasteiger partial charge in [0.05, 0.1) is 0 Å². The van der Waals surface area contributed by atoms with Crippen molar-refractivity contribution in [3.05, 3.63) is 35.4 Å². The van der Waals surface area contributed by atoms with E-state index in [0.29, 0.717) is 0 Å². The third-order valence-corrected chi connectivity index (χ3v) is 4.17. The zero-order valence-electron chi connectivity index (χ0n) is 14.2. The molecule has 1 amide bonds. The van der Waals surface area contributed by atoms with Crippen LogP contribution in [-0.2, 0) is 6.54 Å². The third-order valence-electron chi connectivity index (χ3n) is 4.17. The number of benzene rings is 1. The first-order valence-electron chi connectivity index (χ1n) is 7.71. The van der Waals surface area contributed by atoms with Crippen LogP contribution in [-0.4, -0.2) is 44.5 Å². The Hall–Kier alpha value is -0.810. The van der Waals surface area contributed by atoms with Gasteiger partial charge >= 0.3 is 0 Å². The first-order valence-corrected chi connectivity index (χ1v) is 7.71. The molecular formula is C17H29Cl2N3O. The van der Waals surface area contributed by atoms with Gasteiger partial charge in [0, 0.05) is 18.7 Å². The summed E-state index contributed by atoms with van der Waals surface area (Å²) in [4.78, 5) is 14.4. The van der Waals surface area contributed by atoms with Gasteiger partial charge in [0.1, 0.15) is 0 Å². The Bertz CT molecular complexity index is 488. The number of halogens is 2. The van der Waals surface area contributed by atoms with Crippen LogP contribution in [0.4, 0.5) is 0 Å². The van der Waals surface area contributed by atoms with Crippen molar-refractivity contribution in [2.75, 3.05) is 33.7 Å². The van der Waals surface area contributed by atoms with Crippen LogP contribution in [0.3, 0.4) is 0 Å². The first kappa shape index (κ1) is 22.2. The second-order valence-corrected chi connectivity index (χ2v) is 6.68. The van der Waals surface area contributed by atoms with Gasteiger partial charge < -0.3 is 15.5 Å². The molecule has 6 heteroatoms. The number of hydrogen-bond donors (Lipinski definition) is 2. The summed E-state index contributed by atoms with van der Waals surface area (Å²) in [5.41, 5.74) is 2.15. The van der Waals surface area contributed by atoms with Gasteiger partial charge in [-0.2, -0.15) is 0 Å². The molecule has 1 aromatic rings. The smallest absolute Gasteiger partial charge is 0.251 e. The number of rotatable bonds is 5. The molecule has 1 fully saturated rings. The van der Waals surface area contributed by atoms with Crippen molar-refractivity contribution in [2.45, 2.75) is 26.3 Å². The normalized spacial score (nSPS) is 16.2. The van der Waals surface area contributed by atoms with Crippen LogP contribution in [0.2, 0.25) is 0 Å². The molecular weight excluding hydrogens is 333 g/mol. The van der Waals surface area contributed by atoms with E-state index in [0.717, 1.165) is 44.6 Å². The van der Waals surface area contributed by atoms with Crippen molar-refractivity contribution in [1.29, 1.82) is 0 Å². The number of nitrogens with zero attached hydrogens (tertiary/aromatic N) is 1. The fourth-order valence-electron chi connectivity index (χ4n) is 2.78. The van der Waals surface area contributed by atoms with E-state index in [1.807, 2.05) is 32.3 Å². The number of carbonyl (C=O) groups excluding carboxylic acids is 1. The average molecular weight is 362 g/mol. The fraction of sp³-hybridized carbons (Fsp3) is 0.588. The molecule has 0 bridgehead atoms. The Morgan fingerprint density at radius 1 is 1.26 bits per heavy atom. The van der Waals surface area contributed by atoms with E-state index in [1.54, 1.807) is 0 Å². The van der Waals surface area contributed by atoms with Gasteiger partial charge in [-0.3, -0.25) is 4.79 Å². The van der Waals surface area contributed by atoms with E-state index in [2.05, 4.69) is 28.5 Å². The highest BCUT2D eigenvalue weighted by Gasteiger charge is 2.27. The SMILES string of the molecule is CN(C)Cc1cccc(C(=O)NCC2(C)CCNCC2)c1.Cl.Cl.